The maximum atomic E-state index is 5.31. The molecule has 0 aromatic carbocycles. The van der Waals surface area contributed by atoms with E-state index < -0.39 is 0 Å². The van der Waals surface area contributed by atoms with Crippen molar-refractivity contribution in [1.82, 2.24) is 15.6 Å². The summed E-state index contributed by atoms with van der Waals surface area (Å²) in [7, 11) is 3.97. The first-order valence-electron chi connectivity index (χ1n) is 7.40. The molecule has 0 aliphatic rings. The van der Waals surface area contributed by atoms with Gasteiger partial charge in [-0.2, -0.15) is 0 Å². The van der Waals surface area contributed by atoms with Gasteiger partial charge in [0, 0.05) is 45.6 Å². The van der Waals surface area contributed by atoms with Crippen molar-refractivity contribution in [2.24, 2.45) is 4.99 Å². The van der Waals surface area contributed by atoms with Crippen LogP contribution in [-0.4, -0.2) is 51.3 Å². The van der Waals surface area contributed by atoms with Gasteiger partial charge in [0.1, 0.15) is 5.82 Å². The van der Waals surface area contributed by atoms with Crippen LogP contribution in [0.3, 0.4) is 0 Å². The Morgan fingerprint density at radius 3 is 2.81 bits per heavy atom. The Balaban J connectivity index is 2.64. The van der Waals surface area contributed by atoms with Gasteiger partial charge in [-0.3, -0.25) is 0 Å². The van der Waals surface area contributed by atoms with E-state index in [0.717, 1.165) is 37.0 Å². The highest BCUT2D eigenvalue weighted by atomic mass is 16.5. The molecule has 2 N–H and O–H groups in total. The molecule has 0 spiro atoms. The molecule has 1 aromatic heterocycles. The van der Waals surface area contributed by atoms with Crippen LogP contribution in [0.15, 0.2) is 23.3 Å². The molecule has 0 amide bonds. The number of nitrogens with one attached hydrogen (secondary N) is 2. The third kappa shape index (κ3) is 6.44. The van der Waals surface area contributed by atoms with Crippen molar-refractivity contribution in [1.29, 1.82) is 0 Å². The molecule has 0 unspecified atom stereocenters. The van der Waals surface area contributed by atoms with Crippen LogP contribution in [0.25, 0.3) is 0 Å². The van der Waals surface area contributed by atoms with E-state index in [-0.39, 0.29) is 0 Å². The molecule has 0 bridgehead atoms. The van der Waals surface area contributed by atoms with Crippen molar-refractivity contribution in [3.8, 4) is 0 Å². The van der Waals surface area contributed by atoms with Crippen molar-refractivity contribution in [2.75, 3.05) is 45.3 Å². The Labute approximate surface area is 127 Å². The van der Waals surface area contributed by atoms with Gasteiger partial charge in [-0.1, -0.05) is 6.07 Å². The van der Waals surface area contributed by atoms with Gasteiger partial charge in [0.05, 0.1) is 13.2 Å². The Kier molecular flexibility index (Phi) is 8.19. The number of anilines is 1. The summed E-state index contributed by atoms with van der Waals surface area (Å²) in [6.45, 7) is 7.61. The number of aliphatic imine (C=N–C) groups is 1. The van der Waals surface area contributed by atoms with Crippen LogP contribution in [0.5, 0.6) is 0 Å². The zero-order chi connectivity index (χ0) is 15.5. The third-order valence-corrected chi connectivity index (χ3v) is 2.79. The monoisotopic (exact) mass is 293 g/mol. The van der Waals surface area contributed by atoms with Gasteiger partial charge < -0.3 is 20.3 Å². The smallest absolute Gasteiger partial charge is 0.191 e. The lowest BCUT2D eigenvalue weighted by molar-refractivity contribution is 0.152. The number of nitrogens with zero attached hydrogens (tertiary/aromatic N) is 3. The highest BCUT2D eigenvalue weighted by Crippen LogP contribution is 2.15. The van der Waals surface area contributed by atoms with E-state index in [1.54, 1.807) is 6.20 Å². The summed E-state index contributed by atoms with van der Waals surface area (Å²) in [6, 6.07) is 3.99. The van der Waals surface area contributed by atoms with Crippen LogP contribution in [0.2, 0.25) is 0 Å². The first-order chi connectivity index (χ1) is 10.2. The van der Waals surface area contributed by atoms with Crippen LogP contribution < -0.4 is 15.5 Å². The van der Waals surface area contributed by atoms with E-state index in [1.807, 2.05) is 32.0 Å². The standard InChI is InChI=1S/C15H27N5O/c1-5-16-15(18-10-11-21-6-2)19-12-13-8-7-9-17-14(13)20(3)4/h7-9H,5-6,10-12H2,1-4H3,(H2,16,18,19). The Bertz CT molecular complexity index is 434. The van der Waals surface area contributed by atoms with Crippen LogP contribution in [0.4, 0.5) is 5.82 Å². The van der Waals surface area contributed by atoms with E-state index in [0.29, 0.717) is 13.2 Å². The Hall–Kier alpha value is -1.82. The van der Waals surface area contributed by atoms with Crippen LogP contribution in [-0.2, 0) is 11.3 Å². The molecule has 0 fully saturated rings. The van der Waals surface area contributed by atoms with Crippen molar-refractivity contribution in [2.45, 2.75) is 20.4 Å². The lowest BCUT2D eigenvalue weighted by atomic mass is 10.2. The zero-order valence-electron chi connectivity index (χ0n) is 13.5. The average Bonchev–Trinajstić information content (AvgIpc) is 2.49. The number of aromatic nitrogens is 1. The van der Waals surface area contributed by atoms with Crippen molar-refractivity contribution in [3.63, 3.8) is 0 Å². The first kappa shape index (κ1) is 17.2. The van der Waals surface area contributed by atoms with Gasteiger partial charge in [-0.05, 0) is 19.9 Å². The molecule has 0 saturated carbocycles. The van der Waals surface area contributed by atoms with Crippen LogP contribution in [0, 0.1) is 0 Å². The quantitative estimate of drug-likeness (QED) is 0.429. The second-order valence-electron chi connectivity index (χ2n) is 4.70. The number of guanidine groups is 1. The number of rotatable bonds is 8. The fourth-order valence-corrected chi connectivity index (χ4v) is 1.85. The number of hydrogen-bond donors (Lipinski definition) is 2. The molecule has 1 aromatic rings. The molecule has 1 rings (SSSR count). The van der Waals surface area contributed by atoms with Gasteiger partial charge in [0.25, 0.3) is 0 Å². The Morgan fingerprint density at radius 2 is 2.14 bits per heavy atom. The molecule has 6 nitrogen and oxygen atoms in total. The fourth-order valence-electron chi connectivity index (χ4n) is 1.85. The van der Waals surface area contributed by atoms with Crippen molar-refractivity contribution >= 4 is 11.8 Å². The van der Waals surface area contributed by atoms with E-state index in [1.165, 1.54) is 0 Å². The van der Waals surface area contributed by atoms with Gasteiger partial charge in [0.2, 0.25) is 0 Å². The van der Waals surface area contributed by atoms with E-state index >= 15 is 0 Å². The van der Waals surface area contributed by atoms with Gasteiger partial charge >= 0.3 is 0 Å². The maximum absolute atomic E-state index is 5.31. The largest absolute Gasteiger partial charge is 0.380 e. The summed E-state index contributed by atoms with van der Waals surface area (Å²) < 4.78 is 5.31. The van der Waals surface area contributed by atoms with Crippen molar-refractivity contribution < 1.29 is 4.74 Å². The second kappa shape index (κ2) is 9.99. The average molecular weight is 293 g/mol. The fraction of sp³-hybridized carbons (Fsp3) is 0.600. The summed E-state index contributed by atoms with van der Waals surface area (Å²) in [4.78, 5) is 11.0. The summed E-state index contributed by atoms with van der Waals surface area (Å²) in [5.74, 6) is 1.75. The Morgan fingerprint density at radius 1 is 1.33 bits per heavy atom. The molecule has 0 aliphatic carbocycles. The minimum atomic E-state index is 0.589. The lowest BCUT2D eigenvalue weighted by Gasteiger charge is -2.15. The molecule has 0 radical (unpaired) electrons. The summed E-state index contributed by atoms with van der Waals surface area (Å²) in [5, 5.41) is 6.48. The molecule has 0 aliphatic heterocycles. The zero-order valence-corrected chi connectivity index (χ0v) is 13.5. The minimum absolute atomic E-state index is 0.589. The number of pyridine rings is 1. The summed E-state index contributed by atoms with van der Waals surface area (Å²) in [6.07, 6.45) is 1.80. The third-order valence-electron chi connectivity index (χ3n) is 2.79. The molecular weight excluding hydrogens is 266 g/mol. The van der Waals surface area contributed by atoms with Gasteiger partial charge in [-0.25, -0.2) is 9.98 Å². The molecule has 6 heteroatoms. The first-order valence-corrected chi connectivity index (χ1v) is 7.40. The maximum Gasteiger partial charge on any atom is 0.191 e. The van der Waals surface area contributed by atoms with E-state index in [2.05, 4.69) is 33.6 Å². The van der Waals surface area contributed by atoms with Crippen molar-refractivity contribution in [3.05, 3.63) is 23.9 Å². The van der Waals surface area contributed by atoms with E-state index in [9.17, 15) is 0 Å². The van der Waals surface area contributed by atoms with Crippen LogP contribution >= 0.6 is 0 Å². The van der Waals surface area contributed by atoms with Gasteiger partial charge in [-0.15, -0.1) is 0 Å². The normalized spacial score (nSPS) is 11.3. The molecule has 118 valence electrons. The summed E-state index contributed by atoms with van der Waals surface area (Å²) in [5.41, 5.74) is 1.10. The predicted octanol–water partition coefficient (Wildman–Crippen LogP) is 1.24. The number of ether oxygens (including phenoxy) is 1. The van der Waals surface area contributed by atoms with Gasteiger partial charge in [0.15, 0.2) is 5.96 Å². The molecule has 0 atom stereocenters. The lowest BCUT2D eigenvalue weighted by Crippen LogP contribution is -2.39. The minimum Gasteiger partial charge on any atom is -0.380 e. The molecular formula is C15H27N5O. The molecule has 1 heterocycles. The SMILES string of the molecule is CCNC(=NCc1cccnc1N(C)C)NCCOCC. The highest BCUT2D eigenvalue weighted by Gasteiger charge is 2.05. The predicted molar refractivity (Wildman–Crippen MR) is 87.9 cm³/mol. The molecule has 21 heavy (non-hydrogen) atoms. The van der Waals surface area contributed by atoms with E-state index in [4.69, 9.17) is 4.74 Å². The highest BCUT2D eigenvalue weighted by molar-refractivity contribution is 5.79. The van der Waals surface area contributed by atoms with Crippen LogP contribution in [0.1, 0.15) is 19.4 Å². The molecule has 0 saturated heterocycles. The topological polar surface area (TPSA) is 61.8 Å². The number of hydrogen-bond acceptors (Lipinski definition) is 4. The second-order valence-corrected chi connectivity index (χ2v) is 4.70. The summed E-state index contributed by atoms with van der Waals surface area (Å²) >= 11 is 0.